The third-order valence-corrected chi connectivity index (χ3v) is 6.99. The highest BCUT2D eigenvalue weighted by atomic mass is 16.5. The molecule has 0 amide bonds. The van der Waals surface area contributed by atoms with E-state index in [0.717, 1.165) is 67.3 Å². The average Bonchev–Trinajstić information content (AvgIpc) is 3.30. The molecule has 1 N–H and O–H groups in total. The molecule has 3 aromatic rings. The Morgan fingerprint density at radius 2 is 1.91 bits per heavy atom. The fourth-order valence-corrected chi connectivity index (χ4v) is 5.29. The van der Waals surface area contributed by atoms with Gasteiger partial charge in [-0.15, -0.1) is 0 Å². The molecule has 0 atom stereocenters. The number of aryl methyl sites for hydroxylation is 1. The summed E-state index contributed by atoms with van der Waals surface area (Å²) >= 11 is 0. The summed E-state index contributed by atoms with van der Waals surface area (Å²) in [6, 6.07) is 16.1. The highest BCUT2D eigenvalue weighted by Crippen LogP contribution is 2.45. The van der Waals surface area contributed by atoms with Crippen LogP contribution in [0.4, 0.5) is 0 Å². The summed E-state index contributed by atoms with van der Waals surface area (Å²) in [7, 11) is 5.78. The van der Waals surface area contributed by atoms with Gasteiger partial charge < -0.3 is 24.3 Å². The van der Waals surface area contributed by atoms with Gasteiger partial charge in [0, 0.05) is 24.9 Å². The molecule has 3 heterocycles. The van der Waals surface area contributed by atoms with Gasteiger partial charge in [0.2, 0.25) is 5.78 Å². The van der Waals surface area contributed by atoms with Gasteiger partial charge in [0.15, 0.2) is 5.60 Å². The molecule has 178 valence electrons. The summed E-state index contributed by atoms with van der Waals surface area (Å²) in [6.07, 6.45) is 2.58. The van der Waals surface area contributed by atoms with E-state index in [2.05, 4.69) is 60.1 Å². The monoisotopic (exact) mass is 459 g/mol. The van der Waals surface area contributed by atoms with Crippen LogP contribution in [-0.4, -0.2) is 49.5 Å². The summed E-state index contributed by atoms with van der Waals surface area (Å²) < 4.78 is 14.5. The Labute approximate surface area is 201 Å². The Bertz CT molecular complexity index is 1220. The van der Waals surface area contributed by atoms with E-state index in [1.807, 2.05) is 24.3 Å². The first-order valence-electron chi connectivity index (χ1n) is 12.1. The van der Waals surface area contributed by atoms with E-state index in [4.69, 9.17) is 9.47 Å². The number of benzene rings is 2. The molecule has 0 radical (unpaired) electrons. The first-order valence-corrected chi connectivity index (χ1v) is 12.1. The number of methoxy groups -OCH3 is 1. The van der Waals surface area contributed by atoms with Crippen molar-refractivity contribution >= 4 is 5.78 Å². The molecule has 2 aromatic carbocycles. The van der Waals surface area contributed by atoms with Crippen LogP contribution in [0.25, 0.3) is 5.69 Å². The maximum Gasteiger partial charge on any atom is 0.209 e. The predicted octanol–water partition coefficient (Wildman–Crippen LogP) is 4.31. The molecular formula is C28H33N3O3. The van der Waals surface area contributed by atoms with Gasteiger partial charge in [-0.05, 0) is 75.1 Å². The van der Waals surface area contributed by atoms with E-state index < -0.39 is 5.60 Å². The van der Waals surface area contributed by atoms with Crippen molar-refractivity contribution in [1.29, 1.82) is 0 Å². The van der Waals surface area contributed by atoms with E-state index in [-0.39, 0.29) is 5.78 Å². The van der Waals surface area contributed by atoms with Crippen LogP contribution >= 0.6 is 0 Å². The lowest BCUT2D eigenvalue weighted by Crippen LogP contribution is -2.47. The average molecular weight is 460 g/mol. The largest absolute Gasteiger partial charge is 0.496 e. The van der Waals surface area contributed by atoms with E-state index in [0.29, 0.717) is 11.3 Å². The first-order chi connectivity index (χ1) is 16.5. The number of aromatic nitrogens is 1. The molecule has 0 saturated carbocycles. The molecule has 2 aliphatic heterocycles. The van der Waals surface area contributed by atoms with E-state index in [1.54, 1.807) is 7.11 Å². The Balaban J connectivity index is 1.64. The van der Waals surface area contributed by atoms with E-state index in [9.17, 15) is 4.79 Å². The number of rotatable bonds is 6. The minimum atomic E-state index is -0.433. The van der Waals surface area contributed by atoms with Crippen LogP contribution in [0.1, 0.15) is 52.6 Å². The van der Waals surface area contributed by atoms with Gasteiger partial charge in [-0.3, -0.25) is 4.79 Å². The number of nitrogens with zero attached hydrogens (tertiary/aromatic N) is 2. The second kappa shape index (κ2) is 8.93. The summed E-state index contributed by atoms with van der Waals surface area (Å²) in [6.45, 7) is 4.69. The number of carbonyl (C=O) groups excluding carboxylic acids is 1. The maximum atomic E-state index is 13.8. The van der Waals surface area contributed by atoms with Crippen molar-refractivity contribution in [3.05, 3.63) is 76.6 Å². The van der Waals surface area contributed by atoms with Crippen molar-refractivity contribution in [2.75, 3.05) is 34.3 Å². The Hall–Kier alpha value is -3.09. The molecule has 5 rings (SSSR count). The van der Waals surface area contributed by atoms with Crippen molar-refractivity contribution < 1.29 is 14.3 Å². The molecule has 2 aliphatic rings. The van der Waals surface area contributed by atoms with Crippen LogP contribution in [0.15, 0.2) is 48.5 Å². The number of ketones is 1. The topological polar surface area (TPSA) is 55.7 Å². The van der Waals surface area contributed by atoms with Crippen molar-refractivity contribution in [3.8, 4) is 17.2 Å². The van der Waals surface area contributed by atoms with Crippen LogP contribution in [0.2, 0.25) is 0 Å². The summed E-state index contributed by atoms with van der Waals surface area (Å²) in [5, 5.41) is 3.45. The van der Waals surface area contributed by atoms with Gasteiger partial charge in [-0.1, -0.05) is 25.1 Å². The molecule has 1 fully saturated rings. The Morgan fingerprint density at radius 1 is 1.12 bits per heavy atom. The molecule has 6 nitrogen and oxygen atoms in total. The Kier molecular flexibility index (Phi) is 5.96. The highest BCUT2D eigenvalue weighted by molar-refractivity contribution is 6.09. The quantitative estimate of drug-likeness (QED) is 0.557. The standard InChI is InChI=1S/C28H33N3O3/c1-5-20-7-8-21(17-24(20)33-4)27(32)23-10-11-26-28(12-14-29-15-13-28)34-25-16-19(18-30(2)3)6-9-22(25)31(23)26/h6-11,16-17,29H,5,12-15,18H2,1-4H3. The number of nitrogens with one attached hydrogen (secondary N) is 1. The van der Waals surface area contributed by atoms with Gasteiger partial charge in [-0.25, -0.2) is 0 Å². The van der Waals surface area contributed by atoms with Gasteiger partial charge >= 0.3 is 0 Å². The van der Waals surface area contributed by atoms with Crippen LogP contribution in [0, 0.1) is 0 Å². The SMILES string of the molecule is CCc1ccc(C(=O)c2ccc3n2-c2ccc(CN(C)C)cc2OC32CCNCC2)cc1OC. The number of piperidine rings is 1. The fourth-order valence-electron chi connectivity index (χ4n) is 5.29. The first kappa shape index (κ1) is 22.7. The zero-order valence-corrected chi connectivity index (χ0v) is 20.5. The second-order valence-corrected chi connectivity index (χ2v) is 9.53. The second-order valence-electron chi connectivity index (χ2n) is 9.53. The van der Waals surface area contributed by atoms with Crippen molar-refractivity contribution in [2.45, 2.75) is 38.3 Å². The van der Waals surface area contributed by atoms with Crippen molar-refractivity contribution in [2.24, 2.45) is 0 Å². The van der Waals surface area contributed by atoms with Gasteiger partial charge in [-0.2, -0.15) is 0 Å². The van der Waals surface area contributed by atoms with Crippen molar-refractivity contribution in [1.82, 2.24) is 14.8 Å². The zero-order valence-electron chi connectivity index (χ0n) is 20.5. The van der Waals surface area contributed by atoms with E-state index >= 15 is 0 Å². The minimum Gasteiger partial charge on any atom is -0.496 e. The third-order valence-electron chi connectivity index (χ3n) is 6.99. The van der Waals surface area contributed by atoms with Crippen molar-refractivity contribution in [3.63, 3.8) is 0 Å². The fraction of sp³-hybridized carbons (Fsp3) is 0.393. The lowest BCUT2D eigenvalue weighted by Gasteiger charge is -2.42. The normalized spacial score (nSPS) is 16.1. The molecule has 34 heavy (non-hydrogen) atoms. The number of ether oxygens (including phenoxy) is 2. The zero-order chi connectivity index (χ0) is 23.9. The lowest BCUT2D eigenvalue weighted by molar-refractivity contribution is 0.0199. The molecule has 0 unspecified atom stereocenters. The number of fused-ring (bicyclic) bond motifs is 4. The predicted molar refractivity (Wildman–Crippen MR) is 133 cm³/mol. The molecule has 1 saturated heterocycles. The summed E-state index contributed by atoms with van der Waals surface area (Å²) in [4.78, 5) is 16.0. The molecule has 1 aromatic heterocycles. The van der Waals surface area contributed by atoms with Crippen LogP contribution < -0.4 is 14.8 Å². The van der Waals surface area contributed by atoms with Crippen LogP contribution in [0.3, 0.4) is 0 Å². The van der Waals surface area contributed by atoms with E-state index in [1.165, 1.54) is 5.56 Å². The summed E-state index contributed by atoms with van der Waals surface area (Å²) in [5.74, 6) is 1.59. The van der Waals surface area contributed by atoms with Gasteiger partial charge in [0.25, 0.3) is 0 Å². The minimum absolute atomic E-state index is 0.0125. The van der Waals surface area contributed by atoms with Gasteiger partial charge in [0.1, 0.15) is 11.5 Å². The number of carbonyl (C=O) groups is 1. The maximum absolute atomic E-state index is 13.8. The molecule has 0 bridgehead atoms. The summed E-state index contributed by atoms with van der Waals surface area (Å²) in [5.41, 5.74) is 5.12. The number of hydrogen-bond acceptors (Lipinski definition) is 5. The van der Waals surface area contributed by atoms with Gasteiger partial charge in [0.05, 0.1) is 24.2 Å². The highest BCUT2D eigenvalue weighted by Gasteiger charge is 2.43. The molecule has 1 spiro atoms. The smallest absolute Gasteiger partial charge is 0.209 e. The molecule has 6 heteroatoms. The lowest BCUT2D eigenvalue weighted by atomic mass is 9.87. The molecule has 0 aliphatic carbocycles. The Morgan fingerprint density at radius 3 is 2.62 bits per heavy atom. The third kappa shape index (κ3) is 3.81. The van der Waals surface area contributed by atoms with Crippen LogP contribution in [0.5, 0.6) is 11.5 Å². The molecular weight excluding hydrogens is 426 g/mol. The number of hydrogen-bond donors (Lipinski definition) is 1. The van der Waals surface area contributed by atoms with Crippen LogP contribution in [-0.2, 0) is 18.6 Å².